The Morgan fingerprint density at radius 2 is 1.78 bits per heavy atom. The number of anilines is 1. The number of aliphatic hydroxyl groups is 1. The van der Waals surface area contributed by atoms with Crippen molar-refractivity contribution >= 4 is 23.3 Å². The molecule has 0 saturated carbocycles. The Morgan fingerprint density at radius 1 is 1.22 bits per heavy atom. The van der Waals surface area contributed by atoms with Gasteiger partial charge in [-0.05, 0) is 32.9 Å². The number of benzene rings is 1. The minimum absolute atomic E-state index is 0.0335. The molecule has 0 saturated heterocycles. The molecule has 0 aliphatic carbocycles. The number of carbonyl (C=O) groups excluding carboxylic acids is 3. The SMILES string of the molecule is C=C(C#N)C(=O)OCCC(C)(C)O.C=C(C(C)=O)C(=O)Nc1ccccc1. The summed E-state index contributed by atoms with van der Waals surface area (Å²) in [7, 11) is 0. The van der Waals surface area contributed by atoms with Crippen molar-refractivity contribution < 1.29 is 24.2 Å². The van der Waals surface area contributed by atoms with Crippen LogP contribution in [0.15, 0.2) is 54.6 Å². The molecule has 0 unspecified atom stereocenters. The predicted octanol–water partition coefficient (Wildman–Crippen LogP) is 2.54. The maximum Gasteiger partial charge on any atom is 0.348 e. The molecule has 1 aromatic rings. The summed E-state index contributed by atoms with van der Waals surface area (Å²) < 4.78 is 4.65. The number of ether oxygens (including phenoxy) is 1. The highest BCUT2D eigenvalue weighted by Gasteiger charge is 2.14. The molecule has 7 nitrogen and oxygen atoms in total. The average molecular weight is 372 g/mol. The summed E-state index contributed by atoms with van der Waals surface area (Å²) in [5.41, 5.74) is -0.474. The molecule has 0 spiro atoms. The van der Waals surface area contributed by atoms with Crippen LogP contribution in [0.4, 0.5) is 5.69 Å². The fourth-order valence-electron chi connectivity index (χ4n) is 1.41. The lowest BCUT2D eigenvalue weighted by Gasteiger charge is -2.16. The van der Waals surface area contributed by atoms with E-state index >= 15 is 0 Å². The van der Waals surface area contributed by atoms with Gasteiger partial charge in [-0.1, -0.05) is 31.4 Å². The number of Topliss-reactive ketones (excluding diaryl/α,β-unsaturated/α-hetero) is 1. The molecule has 0 heterocycles. The van der Waals surface area contributed by atoms with Gasteiger partial charge >= 0.3 is 5.97 Å². The first kappa shape index (κ1) is 23.8. The topological polar surface area (TPSA) is 116 Å². The summed E-state index contributed by atoms with van der Waals surface area (Å²) in [6.45, 7) is 11.2. The molecule has 1 amide bonds. The zero-order valence-corrected chi connectivity index (χ0v) is 15.7. The van der Waals surface area contributed by atoms with Gasteiger partial charge in [0.2, 0.25) is 0 Å². The smallest absolute Gasteiger partial charge is 0.348 e. The predicted molar refractivity (Wildman–Crippen MR) is 102 cm³/mol. The standard InChI is InChI=1S/C11H11NO2.C9H13NO3/c1-8(9(2)13)11(14)12-10-6-4-3-5-7-10;1-7(6-10)8(11)13-5-4-9(2,3)12/h3-7H,1H2,2H3,(H,12,14);12H,1,4-5H2,2-3H3. The van der Waals surface area contributed by atoms with Crippen LogP contribution < -0.4 is 5.32 Å². The second-order valence-corrected chi connectivity index (χ2v) is 6.14. The molecule has 0 fully saturated rings. The second kappa shape index (κ2) is 11.4. The van der Waals surface area contributed by atoms with E-state index in [2.05, 4.69) is 23.2 Å². The number of rotatable bonds is 7. The van der Waals surface area contributed by atoms with Crippen molar-refractivity contribution in [2.24, 2.45) is 0 Å². The van der Waals surface area contributed by atoms with Crippen LogP contribution in [0, 0.1) is 11.3 Å². The van der Waals surface area contributed by atoms with Crippen LogP contribution in [-0.4, -0.2) is 35.0 Å². The van der Waals surface area contributed by atoms with Gasteiger partial charge in [0.15, 0.2) is 5.78 Å². The second-order valence-electron chi connectivity index (χ2n) is 6.14. The summed E-state index contributed by atoms with van der Waals surface area (Å²) in [6.07, 6.45) is 0.331. The first-order chi connectivity index (χ1) is 12.5. The van der Waals surface area contributed by atoms with Crippen molar-refractivity contribution in [3.63, 3.8) is 0 Å². The van der Waals surface area contributed by atoms with E-state index in [4.69, 9.17) is 5.26 Å². The number of nitriles is 1. The molecular formula is C20H24N2O5. The van der Waals surface area contributed by atoms with Crippen molar-refractivity contribution in [3.05, 3.63) is 54.6 Å². The first-order valence-electron chi connectivity index (χ1n) is 8.02. The third-order valence-electron chi connectivity index (χ3n) is 3.06. The van der Waals surface area contributed by atoms with Gasteiger partial charge < -0.3 is 15.2 Å². The summed E-state index contributed by atoms with van der Waals surface area (Å²) in [4.78, 5) is 33.0. The number of nitrogens with zero attached hydrogens (tertiary/aromatic N) is 1. The van der Waals surface area contributed by atoms with Crippen LogP contribution in [-0.2, 0) is 19.1 Å². The van der Waals surface area contributed by atoms with Crippen molar-refractivity contribution in [2.45, 2.75) is 32.8 Å². The third kappa shape index (κ3) is 11.1. The Morgan fingerprint density at radius 3 is 2.22 bits per heavy atom. The zero-order chi connectivity index (χ0) is 21.0. The quantitative estimate of drug-likeness (QED) is 0.250. The van der Waals surface area contributed by atoms with E-state index < -0.39 is 17.5 Å². The van der Waals surface area contributed by atoms with E-state index in [9.17, 15) is 19.5 Å². The van der Waals surface area contributed by atoms with Crippen molar-refractivity contribution in [1.82, 2.24) is 0 Å². The van der Waals surface area contributed by atoms with Crippen LogP contribution in [0.3, 0.4) is 0 Å². The molecule has 0 aliphatic rings. The van der Waals surface area contributed by atoms with Gasteiger partial charge in [0.25, 0.3) is 5.91 Å². The highest BCUT2D eigenvalue weighted by Crippen LogP contribution is 2.08. The van der Waals surface area contributed by atoms with Gasteiger partial charge in [-0.15, -0.1) is 0 Å². The van der Waals surface area contributed by atoms with Gasteiger partial charge in [-0.3, -0.25) is 9.59 Å². The average Bonchev–Trinajstić information content (AvgIpc) is 2.60. The Hall–Kier alpha value is -3.24. The van der Waals surface area contributed by atoms with E-state index in [0.717, 1.165) is 0 Å². The summed E-state index contributed by atoms with van der Waals surface area (Å²) in [5.74, 6) is -1.51. The summed E-state index contributed by atoms with van der Waals surface area (Å²) >= 11 is 0. The van der Waals surface area contributed by atoms with Crippen molar-refractivity contribution in [2.75, 3.05) is 11.9 Å². The van der Waals surface area contributed by atoms with Crippen LogP contribution >= 0.6 is 0 Å². The lowest BCUT2D eigenvalue weighted by atomic mass is 10.1. The van der Waals surface area contributed by atoms with Crippen LogP contribution in [0.1, 0.15) is 27.2 Å². The van der Waals surface area contributed by atoms with Crippen LogP contribution in [0.25, 0.3) is 0 Å². The molecular weight excluding hydrogens is 348 g/mol. The lowest BCUT2D eigenvalue weighted by Crippen LogP contribution is -2.22. The molecule has 0 radical (unpaired) electrons. The molecule has 0 bridgehead atoms. The zero-order valence-electron chi connectivity index (χ0n) is 15.7. The van der Waals surface area contributed by atoms with Crippen LogP contribution in [0.2, 0.25) is 0 Å². The number of hydrogen-bond acceptors (Lipinski definition) is 6. The number of carbonyl (C=O) groups is 3. The van der Waals surface area contributed by atoms with E-state index in [1.807, 2.05) is 6.07 Å². The highest BCUT2D eigenvalue weighted by molar-refractivity contribution is 6.22. The van der Waals surface area contributed by atoms with Gasteiger partial charge in [-0.25, -0.2) is 4.79 Å². The molecule has 2 N–H and O–H groups in total. The maximum absolute atomic E-state index is 11.3. The highest BCUT2D eigenvalue weighted by atomic mass is 16.5. The number of amides is 1. The van der Waals surface area contributed by atoms with Crippen molar-refractivity contribution in [1.29, 1.82) is 5.26 Å². The van der Waals surface area contributed by atoms with Gasteiger partial charge in [0.05, 0.1) is 17.8 Å². The van der Waals surface area contributed by atoms with Gasteiger partial charge in [0.1, 0.15) is 11.6 Å². The molecule has 144 valence electrons. The summed E-state index contributed by atoms with van der Waals surface area (Å²) in [5, 5.41) is 20.1. The minimum atomic E-state index is -0.867. The van der Waals surface area contributed by atoms with Gasteiger partial charge in [-0.2, -0.15) is 5.26 Å². The fraction of sp³-hybridized carbons (Fsp3) is 0.300. The van der Waals surface area contributed by atoms with E-state index in [1.165, 1.54) is 6.92 Å². The van der Waals surface area contributed by atoms with Gasteiger partial charge in [0, 0.05) is 12.1 Å². The third-order valence-corrected chi connectivity index (χ3v) is 3.06. The number of esters is 1. The summed E-state index contributed by atoms with van der Waals surface area (Å²) in [6, 6.07) is 10.5. The number of hydrogen-bond donors (Lipinski definition) is 2. The van der Waals surface area contributed by atoms with E-state index in [1.54, 1.807) is 44.2 Å². The maximum atomic E-state index is 11.3. The molecule has 0 atom stereocenters. The monoisotopic (exact) mass is 372 g/mol. The number of nitrogens with one attached hydrogen (secondary N) is 1. The number of para-hydroxylation sites is 1. The Balaban J connectivity index is 0.000000503. The molecule has 1 aromatic carbocycles. The fourth-order valence-corrected chi connectivity index (χ4v) is 1.41. The largest absolute Gasteiger partial charge is 0.461 e. The molecule has 7 heteroatoms. The number of ketones is 1. The molecule has 1 rings (SSSR count). The van der Waals surface area contributed by atoms with E-state index in [-0.39, 0.29) is 23.5 Å². The Kier molecular flexibility index (Phi) is 10.0. The van der Waals surface area contributed by atoms with Crippen LogP contribution in [0.5, 0.6) is 0 Å². The normalized spacial score (nSPS) is 9.74. The molecule has 0 aliphatic heterocycles. The first-order valence-corrected chi connectivity index (χ1v) is 8.02. The van der Waals surface area contributed by atoms with E-state index in [0.29, 0.717) is 12.1 Å². The Labute approximate surface area is 159 Å². The molecule has 0 aromatic heterocycles. The lowest BCUT2D eigenvalue weighted by molar-refractivity contribution is -0.139. The molecule has 27 heavy (non-hydrogen) atoms. The Bertz CT molecular complexity index is 740. The van der Waals surface area contributed by atoms with Crippen molar-refractivity contribution in [3.8, 4) is 6.07 Å². The minimum Gasteiger partial charge on any atom is -0.461 e.